The number of aromatic nitrogens is 3. The molecule has 1 aromatic heterocycles. The molecule has 0 aliphatic carbocycles. The van der Waals surface area contributed by atoms with Gasteiger partial charge in [0.1, 0.15) is 5.82 Å². The predicted octanol–water partition coefficient (Wildman–Crippen LogP) is 3.53. The Kier molecular flexibility index (Phi) is 7.52. The monoisotopic (exact) mass is 447 g/mol. The fraction of sp³-hybridized carbons (Fsp3) is 0.423. The predicted molar refractivity (Wildman–Crippen MR) is 129 cm³/mol. The van der Waals surface area contributed by atoms with Gasteiger partial charge in [-0.1, -0.05) is 48.5 Å². The third-order valence-corrected chi connectivity index (χ3v) is 6.26. The smallest absolute Gasteiger partial charge is 0.222 e. The van der Waals surface area contributed by atoms with Crippen LogP contribution in [-0.4, -0.2) is 52.4 Å². The number of benzene rings is 2. The normalized spacial score (nSPS) is 15.0. The van der Waals surface area contributed by atoms with Gasteiger partial charge in [-0.3, -0.25) is 9.69 Å². The van der Waals surface area contributed by atoms with E-state index in [1.807, 2.05) is 6.92 Å². The van der Waals surface area contributed by atoms with Gasteiger partial charge in [0.15, 0.2) is 5.82 Å². The van der Waals surface area contributed by atoms with E-state index in [-0.39, 0.29) is 11.9 Å². The number of aryl methyl sites for hydroxylation is 1. The van der Waals surface area contributed by atoms with Crippen LogP contribution in [0, 0.1) is 6.92 Å². The lowest BCUT2D eigenvalue weighted by Gasteiger charge is -2.20. The van der Waals surface area contributed by atoms with Crippen molar-refractivity contribution in [2.75, 3.05) is 26.8 Å². The van der Waals surface area contributed by atoms with E-state index in [4.69, 9.17) is 4.74 Å². The van der Waals surface area contributed by atoms with Crippen LogP contribution < -0.4 is 5.32 Å². The minimum Gasteiger partial charge on any atom is -0.384 e. The van der Waals surface area contributed by atoms with E-state index in [1.54, 1.807) is 7.11 Å². The van der Waals surface area contributed by atoms with Crippen molar-refractivity contribution in [3.8, 4) is 11.1 Å². The quantitative estimate of drug-likeness (QED) is 0.572. The summed E-state index contributed by atoms with van der Waals surface area (Å²) in [6.45, 7) is 8.10. The molecule has 7 heteroatoms. The van der Waals surface area contributed by atoms with Gasteiger partial charge in [0.05, 0.1) is 12.6 Å². The molecule has 1 aliphatic rings. The summed E-state index contributed by atoms with van der Waals surface area (Å²) in [5.41, 5.74) is 5.14. The fourth-order valence-electron chi connectivity index (χ4n) is 4.39. The summed E-state index contributed by atoms with van der Waals surface area (Å²) in [5.74, 6) is 1.77. The number of carbonyl (C=O) groups is 1. The van der Waals surface area contributed by atoms with Crippen molar-refractivity contribution in [3.05, 3.63) is 71.3 Å². The summed E-state index contributed by atoms with van der Waals surface area (Å²) in [6, 6.07) is 17.2. The van der Waals surface area contributed by atoms with Gasteiger partial charge >= 0.3 is 0 Å². The third-order valence-electron chi connectivity index (χ3n) is 6.26. The Bertz CT molecular complexity index is 1080. The number of ether oxygens (including phenoxy) is 1. The zero-order chi connectivity index (χ0) is 23.2. The molecule has 0 radical (unpaired) electrons. The van der Waals surface area contributed by atoms with Crippen LogP contribution in [0.3, 0.4) is 0 Å². The molecule has 1 amide bonds. The Morgan fingerprint density at radius 1 is 1.09 bits per heavy atom. The van der Waals surface area contributed by atoms with Gasteiger partial charge in [-0.25, -0.2) is 0 Å². The van der Waals surface area contributed by atoms with E-state index in [0.29, 0.717) is 13.0 Å². The summed E-state index contributed by atoms with van der Waals surface area (Å²) in [6.07, 6.45) is 1.19. The zero-order valence-corrected chi connectivity index (χ0v) is 19.8. The molecule has 3 aromatic rings. The van der Waals surface area contributed by atoms with Crippen LogP contribution >= 0.6 is 0 Å². The van der Waals surface area contributed by atoms with Crippen molar-refractivity contribution in [1.29, 1.82) is 0 Å². The van der Waals surface area contributed by atoms with Crippen molar-refractivity contribution in [1.82, 2.24) is 25.0 Å². The maximum Gasteiger partial charge on any atom is 0.222 e. The Balaban J connectivity index is 1.37. The van der Waals surface area contributed by atoms with Crippen LogP contribution in [0.1, 0.15) is 42.2 Å². The number of nitrogens with one attached hydrogen (secondary N) is 1. The average Bonchev–Trinajstić information content (AvgIpc) is 3.13. The maximum absolute atomic E-state index is 12.1. The highest BCUT2D eigenvalue weighted by Gasteiger charge is 2.22. The molecule has 4 rings (SSSR count). The number of hydrogen-bond donors (Lipinski definition) is 1. The van der Waals surface area contributed by atoms with Crippen LogP contribution in [0.2, 0.25) is 0 Å². The van der Waals surface area contributed by atoms with Crippen molar-refractivity contribution in [3.63, 3.8) is 0 Å². The molecule has 174 valence electrons. The van der Waals surface area contributed by atoms with Crippen molar-refractivity contribution in [2.45, 2.75) is 45.8 Å². The minimum atomic E-state index is -0.184. The summed E-state index contributed by atoms with van der Waals surface area (Å²) in [5, 5.41) is 11.8. The second kappa shape index (κ2) is 10.7. The number of fused-ring (bicyclic) bond motifs is 1. The van der Waals surface area contributed by atoms with Crippen LogP contribution in [-0.2, 0) is 29.0 Å². The van der Waals surface area contributed by atoms with Crippen LogP contribution in [0.5, 0.6) is 0 Å². The van der Waals surface area contributed by atoms with Gasteiger partial charge in [-0.15, -0.1) is 10.2 Å². The Morgan fingerprint density at radius 2 is 1.88 bits per heavy atom. The lowest BCUT2D eigenvalue weighted by Crippen LogP contribution is -2.30. The number of carbonyl (C=O) groups excluding carboxylic acids is 1. The highest BCUT2D eigenvalue weighted by Crippen LogP contribution is 2.24. The maximum atomic E-state index is 12.1. The van der Waals surface area contributed by atoms with Gasteiger partial charge in [0.2, 0.25) is 5.91 Å². The Hall–Kier alpha value is -3.03. The molecule has 1 N–H and O–H groups in total. The third kappa shape index (κ3) is 5.67. The van der Waals surface area contributed by atoms with Crippen molar-refractivity contribution in [2.24, 2.45) is 0 Å². The lowest BCUT2D eigenvalue weighted by molar-refractivity contribution is -0.122. The zero-order valence-electron chi connectivity index (χ0n) is 19.8. The molecule has 33 heavy (non-hydrogen) atoms. The summed E-state index contributed by atoms with van der Waals surface area (Å²) < 4.78 is 7.16. The molecule has 0 bridgehead atoms. The molecule has 0 saturated heterocycles. The molecule has 2 aromatic carbocycles. The van der Waals surface area contributed by atoms with E-state index < -0.39 is 0 Å². The van der Waals surface area contributed by atoms with Crippen LogP contribution in [0.4, 0.5) is 0 Å². The first-order chi connectivity index (χ1) is 16.0. The molecular formula is C26H33N5O2. The van der Waals surface area contributed by atoms with Crippen molar-refractivity contribution < 1.29 is 9.53 Å². The molecule has 1 atom stereocenters. The molecule has 0 spiro atoms. The van der Waals surface area contributed by atoms with Gasteiger partial charge in [-0.2, -0.15) is 0 Å². The highest BCUT2D eigenvalue weighted by atomic mass is 16.5. The number of methoxy groups -OCH3 is 1. The fourth-order valence-corrected chi connectivity index (χ4v) is 4.39. The molecule has 7 nitrogen and oxygen atoms in total. The summed E-state index contributed by atoms with van der Waals surface area (Å²) >= 11 is 0. The highest BCUT2D eigenvalue weighted by molar-refractivity contribution is 5.76. The first-order valence-electron chi connectivity index (χ1n) is 11.6. The number of amides is 1. The van der Waals surface area contributed by atoms with Crippen LogP contribution in [0.15, 0.2) is 48.5 Å². The molecular weight excluding hydrogens is 414 g/mol. The Morgan fingerprint density at radius 3 is 2.64 bits per heavy atom. The van der Waals surface area contributed by atoms with Gasteiger partial charge < -0.3 is 14.6 Å². The van der Waals surface area contributed by atoms with Crippen molar-refractivity contribution >= 4 is 5.91 Å². The second-order valence-corrected chi connectivity index (χ2v) is 8.70. The van der Waals surface area contributed by atoms with E-state index in [2.05, 4.69) is 80.4 Å². The molecule has 0 unspecified atom stereocenters. The number of nitrogens with zero attached hydrogens (tertiary/aromatic N) is 4. The average molecular weight is 448 g/mol. The van der Waals surface area contributed by atoms with E-state index >= 15 is 0 Å². The molecule has 1 aliphatic heterocycles. The van der Waals surface area contributed by atoms with Gasteiger partial charge in [0.25, 0.3) is 0 Å². The molecule has 0 fully saturated rings. The van der Waals surface area contributed by atoms with E-state index in [0.717, 1.165) is 44.2 Å². The van der Waals surface area contributed by atoms with Gasteiger partial charge in [0, 0.05) is 46.1 Å². The van der Waals surface area contributed by atoms with Gasteiger partial charge in [-0.05, 0) is 36.1 Å². The van der Waals surface area contributed by atoms with E-state index in [1.165, 1.54) is 22.3 Å². The largest absolute Gasteiger partial charge is 0.384 e. The number of rotatable bonds is 8. The Labute approximate surface area is 195 Å². The molecule has 2 heterocycles. The van der Waals surface area contributed by atoms with Crippen LogP contribution in [0.25, 0.3) is 11.1 Å². The topological polar surface area (TPSA) is 72.3 Å². The minimum absolute atomic E-state index is 0.0360. The lowest BCUT2D eigenvalue weighted by atomic mass is 9.99. The first-order valence-corrected chi connectivity index (χ1v) is 11.6. The van der Waals surface area contributed by atoms with E-state index in [9.17, 15) is 4.79 Å². The molecule has 0 saturated carbocycles. The standard InChI is InChI=1S/C26H33N5O2/c1-19-6-4-5-7-23(19)22-10-8-21(9-11-22)18-30-14-12-24-28-29-26(31(24)16-15-30)20(2)27-25(32)13-17-33-3/h4-11,20H,12-18H2,1-3H3,(H,27,32)/t20-/m0/s1. The number of hydrogen-bond acceptors (Lipinski definition) is 5. The SMILES string of the molecule is COCCC(=O)N[C@@H](C)c1nnc2n1CCN(Cc1ccc(-c3ccccc3C)cc1)CC2. The second-order valence-electron chi connectivity index (χ2n) is 8.70. The summed E-state index contributed by atoms with van der Waals surface area (Å²) in [7, 11) is 1.60. The summed E-state index contributed by atoms with van der Waals surface area (Å²) in [4.78, 5) is 14.5. The first kappa shape index (κ1) is 23.1.